The highest BCUT2D eigenvalue weighted by molar-refractivity contribution is 5.86. The Kier molecular flexibility index (Phi) is 2.15. The topological polar surface area (TPSA) is 83.3 Å². The Morgan fingerprint density at radius 3 is 2.64 bits per heavy atom. The van der Waals surface area contributed by atoms with E-state index in [1.807, 2.05) is 0 Å². The van der Waals surface area contributed by atoms with Crippen LogP contribution >= 0.6 is 0 Å². The van der Waals surface area contributed by atoms with E-state index < -0.39 is 11.5 Å². The summed E-state index contributed by atoms with van der Waals surface area (Å²) in [7, 11) is 0. The van der Waals surface area contributed by atoms with Crippen molar-refractivity contribution in [2.45, 2.75) is 31.6 Å². The van der Waals surface area contributed by atoms with E-state index >= 15 is 0 Å². The summed E-state index contributed by atoms with van der Waals surface area (Å²) in [6.07, 6.45) is 3.86. The predicted octanol–water partition coefficient (Wildman–Crippen LogP) is 1.32. The lowest BCUT2D eigenvalue weighted by atomic mass is 9.98. The smallest absolute Gasteiger partial charge is 0.375 e. The van der Waals surface area contributed by atoms with Gasteiger partial charge in [-0.05, 0) is 18.8 Å². The highest BCUT2D eigenvalue weighted by Crippen LogP contribution is 2.33. The van der Waals surface area contributed by atoms with E-state index in [0.29, 0.717) is 5.56 Å². The number of H-pyrrole nitrogens is 1. The Bertz CT molecular complexity index is 397. The van der Waals surface area contributed by atoms with Crippen molar-refractivity contribution in [3.8, 4) is 0 Å². The first-order valence-electron chi connectivity index (χ1n) is 4.65. The Morgan fingerprint density at radius 2 is 2.07 bits per heavy atom. The molecule has 0 bridgehead atoms. The molecule has 1 saturated carbocycles. The predicted molar refractivity (Wildman–Crippen MR) is 47.5 cm³/mol. The van der Waals surface area contributed by atoms with E-state index in [9.17, 15) is 9.59 Å². The average Bonchev–Trinajstić information content (AvgIpc) is 2.71. The van der Waals surface area contributed by atoms with Gasteiger partial charge in [0.1, 0.15) is 0 Å². The van der Waals surface area contributed by atoms with Gasteiger partial charge in [-0.25, -0.2) is 4.79 Å². The van der Waals surface area contributed by atoms with Crippen molar-refractivity contribution in [1.29, 1.82) is 0 Å². The number of nitrogens with one attached hydrogen (secondary N) is 1. The fourth-order valence-corrected chi connectivity index (χ4v) is 2.05. The highest BCUT2D eigenvalue weighted by Gasteiger charge is 2.28. The molecule has 5 nitrogen and oxygen atoms in total. The second kappa shape index (κ2) is 3.32. The van der Waals surface area contributed by atoms with Gasteiger partial charge in [0.15, 0.2) is 0 Å². The summed E-state index contributed by atoms with van der Waals surface area (Å²) in [4.78, 5) is 22.1. The average molecular weight is 197 g/mol. The number of carboxylic acid groups (broad SMARTS) is 1. The van der Waals surface area contributed by atoms with Crippen LogP contribution in [0, 0.1) is 0 Å². The van der Waals surface area contributed by atoms with E-state index in [-0.39, 0.29) is 11.7 Å². The Hall–Kier alpha value is -1.52. The SMILES string of the molecule is O=C(O)c1o[nH]c(=O)c1C1CCCC1. The molecule has 1 aliphatic rings. The molecule has 1 aromatic heterocycles. The summed E-state index contributed by atoms with van der Waals surface area (Å²) in [5.74, 6) is -1.34. The normalized spacial score (nSPS) is 17.4. The van der Waals surface area contributed by atoms with Crippen molar-refractivity contribution in [2.24, 2.45) is 0 Å². The zero-order valence-corrected chi connectivity index (χ0v) is 7.58. The van der Waals surface area contributed by atoms with Crippen molar-refractivity contribution in [1.82, 2.24) is 5.16 Å². The summed E-state index contributed by atoms with van der Waals surface area (Å²) >= 11 is 0. The van der Waals surface area contributed by atoms with Gasteiger partial charge in [0, 0.05) is 0 Å². The van der Waals surface area contributed by atoms with Gasteiger partial charge in [-0.2, -0.15) is 5.16 Å². The zero-order valence-electron chi connectivity index (χ0n) is 7.58. The van der Waals surface area contributed by atoms with Crippen molar-refractivity contribution in [3.63, 3.8) is 0 Å². The molecule has 2 rings (SSSR count). The lowest BCUT2D eigenvalue weighted by molar-refractivity contribution is 0.0649. The Morgan fingerprint density at radius 1 is 1.43 bits per heavy atom. The Balaban J connectivity index is 2.43. The van der Waals surface area contributed by atoms with Gasteiger partial charge in [0.2, 0.25) is 5.76 Å². The van der Waals surface area contributed by atoms with Crippen LogP contribution in [0.25, 0.3) is 0 Å². The zero-order chi connectivity index (χ0) is 10.1. The van der Waals surface area contributed by atoms with Gasteiger partial charge in [-0.15, -0.1) is 0 Å². The van der Waals surface area contributed by atoms with E-state index in [0.717, 1.165) is 25.7 Å². The van der Waals surface area contributed by atoms with E-state index in [4.69, 9.17) is 5.11 Å². The number of hydrogen-bond acceptors (Lipinski definition) is 3. The van der Waals surface area contributed by atoms with Crippen LogP contribution in [-0.2, 0) is 0 Å². The molecule has 1 aromatic rings. The molecule has 0 unspecified atom stereocenters. The van der Waals surface area contributed by atoms with Gasteiger partial charge in [-0.1, -0.05) is 12.8 Å². The maximum atomic E-state index is 11.3. The first kappa shape index (κ1) is 9.05. The number of aromatic amines is 1. The maximum Gasteiger partial charge on any atom is 0.375 e. The summed E-state index contributed by atoms with van der Waals surface area (Å²) < 4.78 is 4.63. The number of carboxylic acids is 1. The van der Waals surface area contributed by atoms with E-state index in [2.05, 4.69) is 9.68 Å². The fourth-order valence-electron chi connectivity index (χ4n) is 2.05. The molecule has 0 saturated heterocycles. The minimum Gasteiger partial charge on any atom is -0.475 e. The second-order valence-electron chi connectivity index (χ2n) is 3.56. The molecule has 76 valence electrons. The van der Waals surface area contributed by atoms with Crippen LogP contribution in [0.4, 0.5) is 0 Å². The minimum absolute atomic E-state index is 0.0589. The molecule has 0 radical (unpaired) electrons. The number of carbonyl (C=O) groups is 1. The largest absolute Gasteiger partial charge is 0.475 e. The van der Waals surface area contributed by atoms with Gasteiger partial charge in [0.25, 0.3) is 5.56 Å². The molecule has 1 fully saturated rings. The van der Waals surface area contributed by atoms with Crippen LogP contribution in [-0.4, -0.2) is 16.2 Å². The van der Waals surface area contributed by atoms with Crippen molar-refractivity contribution < 1.29 is 14.4 Å². The minimum atomic E-state index is -1.18. The number of rotatable bonds is 2. The van der Waals surface area contributed by atoms with Crippen molar-refractivity contribution >= 4 is 5.97 Å². The van der Waals surface area contributed by atoms with Crippen LogP contribution in [0.15, 0.2) is 9.32 Å². The quantitative estimate of drug-likeness (QED) is 0.749. The van der Waals surface area contributed by atoms with Crippen LogP contribution in [0.1, 0.15) is 47.7 Å². The lowest BCUT2D eigenvalue weighted by Crippen LogP contribution is -2.12. The van der Waals surface area contributed by atoms with Crippen molar-refractivity contribution in [2.75, 3.05) is 0 Å². The first-order valence-corrected chi connectivity index (χ1v) is 4.65. The number of aromatic carboxylic acids is 1. The van der Waals surface area contributed by atoms with Gasteiger partial charge < -0.3 is 9.63 Å². The second-order valence-corrected chi connectivity index (χ2v) is 3.56. The number of hydrogen-bond donors (Lipinski definition) is 2. The summed E-state index contributed by atoms with van der Waals surface area (Å²) in [5.41, 5.74) is -0.0794. The molecular formula is C9H11NO4. The molecule has 14 heavy (non-hydrogen) atoms. The van der Waals surface area contributed by atoms with Crippen LogP contribution in [0.2, 0.25) is 0 Å². The summed E-state index contributed by atoms with van der Waals surface area (Å²) in [6.45, 7) is 0. The van der Waals surface area contributed by atoms with Gasteiger partial charge in [0.05, 0.1) is 5.56 Å². The highest BCUT2D eigenvalue weighted by atomic mass is 16.5. The molecule has 0 atom stereocenters. The summed E-state index contributed by atoms with van der Waals surface area (Å²) in [5, 5.41) is 10.9. The third-order valence-electron chi connectivity index (χ3n) is 2.69. The van der Waals surface area contributed by atoms with Gasteiger partial charge >= 0.3 is 5.97 Å². The van der Waals surface area contributed by atoms with Crippen LogP contribution < -0.4 is 5.56 Å². The maximum absolute atomic E-state index is 11.3. The first-order chi connectivity index (χ1) is 6.70. The third-order valence-corrected chi connectivity index (χ3v) is 2.69. The molecule has 1 aliphatic carbocycles. The standard InChI is InChI=1S/C9H11NO4/c11-8-6(5-3-1-2-4-5)7(9(12)13)14-10-8/h5H,1-4H2,(H,10,11)(H,12,13). The summed E-state index contributed by atoms with van der Waals surface area (Å²) in [6, 6.07) is 0. The van der Waals surface area contributed by atoms with Crippen LogP contribution in [0.5, 0.6) is 0 Å². The molecule has 0 spiro atoms. The molecule has 0 amide bonds. The molecule has 2 N–H and O–H groups in total. The molecule has 5 heteroatoms. The fraction of sp³-hybridized carbons (Fsp3) is 0.556. The van der Waals surface area contributed by atoms with Gasteiger partial charge in [-0.3, -0.25) is 4.79 Å². The molecule has 0 aromatic carbocycles. The van der Waals surface area contributed by atoms with E-state index in [1.54, 1.807) is 0 Å². The van der Waals surface area contributed by atoms with Crippen molar-refractivity contribution in [3.05, 3.63) is 21.7 Å². The monoisotopic (exact) mass is 197 g/mol. The van der Waals surface area contributed by atoms with E-state index in [1.165, 1.54) is 0 Å². The third kappa shape index (κ3) is 1.34. The van der Waals surface area contributed by atoms with Crippen LogP contribution in [0.3, 0.4) is 0 Å². The lowest BCUT2D eigenvalue weighted by Gasteiger charge is -2.03. The molecular weight excluding hydrogens is 186 g/mol. The molecule has 1 heterocycles. The number of aromatic nitrogens is 1. The Labute approximate surface area is 79.7 Å². The molecule has 0 aliphatic heterocycles.